The van der Waals surface area contributed by atoms with E-state index in [9.17, 15) is 0 Å². The van der Waals surface area contributed by atoms with Crippen LogP contribution in [-0.4, -0.2) is 0 Å². The van der Waals surface area contributed by atoms with Crippen LogP contribution < -0.4 is 0 Å². The largest absolute Gasteiger partial charge is 0.106 e. The van der Waals surface area contributed by atoms with Crippen molar-refractivity contribution in [3.63, 3.8) is 0 Å². The van der Waals surface area contributed by atoms with Gasteiger partial charge in [-0.05, 0) is 44.0 Å². The van der Waals surface area contributed by atoms with Crippen molar-refractivity contribution in [1.29, 1.82) is 0 Å². The van der Waals surface area contributed by atoms with Gasteiger partial charge in [-0.15, -0.1) is 6.42 Å². The first-order valence-corrected chi connectivity index (χ1v) is 4.35. The molecule has 0 heteroatoms. The molecule has 0 aromatic heterocycles. The van der Waals surface area contributed by atoms with Gasteiger partial charge in [0, 0.05) is 11.1 Å². The Bertz CT molecular complexity index is 434. The maximum atomic E-state index is 5.04. The molecule has 0 atom stereocenters. The SMILES string of the molecule is C#CC#C/C(C)=C(/C#CC#CC)CC. The van der Waals surface area contributed by atoms with E-state index in [2.05, 4.69) is 41.4 Å². The topological polar surface area (TPSA) is 0 Å². The molecule has 0 unspecified atom stereocenters. The maximum Gasteiger partial charge on any atom is 0.0141 e. The van der Waals surface area contributed by atoms with E-state index in [1.54, 1.807) is 6.92 Å². The summed E-state index contributed by atoms with van der Waals surface area (Å²) >= 11 is 0. The molecule has 0 fully saturated rings. The van der Waals surface area contributed by atoms with E-state index in [1.165, 1.54) is 0 Å². The molecule has 0 heterocycles. The Morgan fingerprint density at radius 1 is 1.14 bits per heavy atom. The summed E-state index contributed by atoms with van der Waals surface area (Å²) in [6.07, 6.45) is 5.89. The summed E-state index contributed by atoms with van der Waals surface area (Å²) < 4.78 is 0. The van der Waals surface area contributed by atoms with Crippen LogP contribution in [0.25, 0.3) is 0 Å². The Labute approximate surface area is 86.8 Å². The third kappa shape index (κ3) is 4.78. The van der Waals surface area contributed by atoms with Gasteiger partial charge < -0.3 is 0 Å². The summed E-state index contributed by atoms with van der Waals surface area (Å²) in [5.41, 5.74) is 1.92. The molecular weight excluding hydrogens is 168 g/mol. The average Bonchev–Trinajstić information content (AvgIpc) is 2.21. The van der Waals surface area contributed by atoms with E-state index < -0.39 is 0 Å². The minimum atomic E-state index is 0.851. The molecule has 0 radical (unpaired) electrons. The van der Waals surface area contributed by atoms with Gasteiger partial charge in [0.2, 0.25) is 0 Å². The fourth-order valence-electron chi connectivity index (χ4n) is 0.822. The zero-order valence-corrected chi connectivity index (χ0v) is 8.78. The van der Waals surface area contributed by atoms with Crippen molar-refractivity contribution in [3.8, 4) is 47.9 Å². The lowest BCUT2D eigenvalue weighted by molar-refractivity contribution is 1.14. The molecule has 0 nitrogen and oxygen atoms in total. The van der Waals surface area contributed by atoms with Crippen LogP contribution in [0.5, 0.6) is 0 Å². The summed E-state index contributed by atoms with van der Waals surface area (Å²) in [7, 11) is 0. The maximum absolute atomic E-state index is 5.04. The minimum absolute atomic E-state index is 0.851. The van der Waals surface area contributed by atoms with E-state index in [1.807, 2.05) is 13.8 Å². The van der Waals surface area contributed by atoms with Crippen molar-refractivity contribution >= 4 is 0 Å². The molecular formula is C14H12. The lowest BCUT2D eigenvalue weighted by Crippen LogP contribution is -1.81. The lowest BCUT2D eigenvalue weighted by Gasteiger charge is -1.94. The highest BCUT2D eigenvalue weighted by atomic mass is 13.9. The van der Waals surface area contributed by atoms with Crippen LogP contribution in [0.4, 0.5) is 0 Å². The van der Waals surface area contributed by atoms with Crippen molar-refractivity contribution in [2.45, 2.75) is 27.2 Å². The van der Waals surface area contributed by atoms with Gasteiger partial charge in [-0.1, -0.05) is 24.7 Å². The summed E-state index contributed by atoms with van der Waals surface area (Å²) in [5, 5.41) is 0. The van der Waals surface area contributed by atoms with E-state index in [-0.39, 0.29) is 0 Å². The van der Waals surface area contributed by atoms with Crippen LogP contribution >= 0.6 is 0 Å². The molecule has 0 aliphatic heterocycles. The van der Waals surface area contributed by atoms with Gasteiger partial charge in [-0.2, -0.15) is 0 Å². The van der Waals surface area contributed by atoms with Gasteiger partial charge in [-0.3, -0.25) is 0 Å². The summed E-state index contributed by atoms with van der Waals surface area (Å²) in [6.45, 7) is 5.71. The minimum Gasteiger partial charge on any atom is -0.106 e. The molecule has 0 rings (SSSR count). The summed E-state index contributed by atoms with van der Waals surface area (Å²) in [5.74, 6) is 18.8. The fourth-order valence-corrected chi connectivity index (χ4v) is 0.822. The standard InChI is InChI=1S/C14H12/c1-5-8-10-12-14(7-3)13(4)11-9-6-2/h2H,7H2,1,3-4H3/b14-13+. The monoisotopic (exact) mass is 180 g/mol. The molecule has 0 saturated heterocycles. The van der Waals surface area contributed by atoms with Crippen LogP contribution in [0, 0.1) is 47.9 Å². The summed E-state index contributed by atoms with van der Waals surface area (Å²) in [4.78, 5) is 0. The second-order valence-corrected chi connectivity index (χ2v) is 2.48. The Kier molecular flexibility index (Phi) is 6.52. The average molecular weight is 180 g/mol. The normalized spacial score (nSPS) is 8.71. The number of terminal acetylenes is 1. The van der Waals surface area contributed by atoms with Crippen LogP contribution in [0.15, 0.2) is 11.1 Å². The van der Waals surface area contributed by atoms with Crippen LogP contribution in [0.3, 0.4) is 0 Å². The molecule has 0 aromatic carbocycles. The Balaban J connectivity index is 4.96. The number of hydrogen-bond donors (Lipinski definition) is 0. The molecule has 14 heavy (non-hydrogen) atoms. The highest BCUT2D eigenvalue weighted by Crippen LogP contribution is 2.05. The second kappa shape index (κ2) is 7.62. The number of allylic oxidation sites excluding steroid dienone is 2. The second-order valence-electron chi connectivity index (χ2n) is 2.48. The van der Waals surface area contributed by atoms with E-state index in [4.69, 9.17) is 6.42 Å². The van der Waals surface area contributed by atoms with Crippen molar-refractivity contribution < 1.29 is 0 Å². The van der Waals surface area contributed by atoms with Gasteiger partial charge in [0.1, 0.15) is 0 Å². The van der Waals surface area contributed by atoms with Crippen LogP contribution in [0.1, 0.15) is 27.2 Å². The fraction of sp³-hybridized carbons (Fsp3) is 0.286. The number of rotatable bonds is 1. The van der Waals surface area contributed by atoms with Gasteiger partial charge >= 0.3 is 0 Å². The molecule has 68 valence electrons. The molecule has 0 amide bonds. The lowest BCUT2D eigenvalue weighted by atomic mass is 10.1. The van der Waals surface area contributed by atoms with Crippen molar-refractivity contribution in [2.24, 2.45) is 0 Å². The third-order valence-electron chi connectivity index (χ3n) is 1.53. The summed E-state index contributed by atoms with van der Waals surface area (Å²) in [6, 6.07) is 0. The Morgan fingerprint density at radius 3 is 2.36 bits per heavy atom. The Hall–Kier alpha value is -2.02. The smallest absolute Gasteiger partial charge is 0.0141 e. The van der Waals surface area contributed by atoms with Crippen molar-refractivity contribution in [3.05, 3.63) is 11.1 Å². The van der Waals surface area contributed by atoms with Gasteiger partial charge in [-0.25, -0.2) is 0 Å². The molecule has 0 bridgehead atoms. The highest BCUT2D eigenvalue weighted by molar-refractivity contribution is 5.46. The zero-order chi connectivity index (χ0) is 10.8. The molecule has 0 spiro atoms. The zero-order valence-electron chi connectivity index (χ0n) is 8.78. The molecule has 0 N–H and O–H groups in total. The van der Waals surface area contributed by atoms with Gasteiger partial charge in [0.05, 0.1) is 0 Å². The quantitative estimate of drug-likeness (QED) is 0.543. The number of hydrogen-bond acceptors (Lipinski definition) is 0. The predicted octanol–water partition coefficient (Wildman–Crippen LogP) is 2.38. The molecule has 0 saturated carbocycles. The Morgan fingerprint density at radius 2 is 1.86 bits per heavy atom. The van der Waals surface area contributed by atoms with E-state index in [0.29, 0.717) is 0 Å². The van der Waals surface area contributed by atoms with Crippen LogP contribution in [-0.2, 0) is 0 Å². The van der Waals surface area contributed by atoms with Gasteiger partial charge in [0.25, 0.3) is 0 Å². The van der Waals surface area contributed by atoms with Crippen molar-refractivity contribution in [1.82, 2.24) is 0 Å². The molecule has 0 aromatic rings. The third-order valence-corrected chi connectivity index (χ3v) is 1.53. The molecule has 0 aliphatic carbocycles. The first-order chi connectivity index (χ1) is 6.76. The first-order valence-electron chi connectivity index (χ1n) is 4.35. The van der Waals surface area contributed by atoms with Gasteiger partial charge in [0.15, 0.2) is 0 Å². The van der Waals surface area contributed by atoms with Crippen LogP contribution in [0.2, 0.25) is 0 Å². The van der Waals surface area contributed by atoms with E-state index >= 15 is 0 Å². The van der Waals surface area contributed by atoms with Crippen molar-refractivity contribution in [2.75, 3.05) is 0 Å². The van der Waals surface area contributed by atoms with E-state index in [0.717, 1.165) is 17.6 Å². The highest BCUT2D eigenvalue weighted by Gasteiger charge is 1.92. The molecule has 0 aliphatic rings. The first kappa shape index (κ1) is 12.0. The predicted molar refractivity (Wildman–Crippen MR) is 60.8 cm³/mol.